The lowest BCUT2D eigenvalue weighted by molar-refractivity contribution is -0.118. The van der Waals surface area contributed by atoms with E-state index in [0.717, 1.165) is 11.3 Å². The molecule has 0 unspecified atom stereocenters. The highest BCUT2D eigenvalue weighted by molar-refractivity contribution is 8.15. The van der Waals surface area contributed by atoms with Crippen molar-refractivity contribution in [3.8, 4) is 5.69 Å². The van der Waals surface area contributed by atoms with Crippen molar-refractivity contribution in [3.05, 3.63) is 71.6 Å². The minimum atomic E-state index is -0.355. The molecule has 1 aliphatic heterocycles. The smallest absolute Gasteiger partial charge is 0.239 e. The molecule has 1 N–H and O–H groups in total. The zero-order valence-corrected chi connectivity index (χ0v) is 16.2. The fourth-order valence-corrected chi connectivity index (χ4v) is 3.86. The molecule has 1 aliphatic rings. The Labute approximate surface area is 165 Å². The second-order valence-electron chi connectivity index (χ2n) is 6.52. The molecule has 1 saturated heterocycles. The second kappa shape index (κ2) is 7.55. The van der Waals surface area contributed by atoms with Gasteiger partial charge in [0.1, 0.15) is 17.5 Å². The van der Waals surface area contributed by atoms with Gasteiger partial charge in [0, 0.05) is 6.42 Å². The van der Waals surface area contributed by atoms with E-state index < -0.39 is 0 Å². The Morgan fingerprint density at radius 1 is 1.14 bits per heavy atom. The number of aromatic nitrogens is 3. The topological polar surface area (TPSA) is 72.2 Å². The van der Waals surface area contributed by atoms with Crippen LogP contribution in [0.2, 0.25) is 0 Å². The van der Waals surface area contributed by atoms with E-state index >= 15 is 0 Å². The van der Waals surface area contributed by atoms with Gasteiger partial charge in [-0.25, -0.2) is 19.0 Å². The van der Waals surface area contributed by atoms with Gasteiger partial charge in [-0.3, -0.25) is 4.79 Å². The summed E-state index contributed by atoms with van der Waals surface area (Å²) in [5.74, 6) is 0.816. The molecule has 4 rings (SSSR count). The molecule has 8 heteroatoms. The van der Waals surface area contributed by atoms with Crippen molar-refractivity contribution in [1.82, 2.24) is 20.1 Å². The van der Waals surface area contributed by atoms with Crippen LogP contribution in [0.3, 0.4) is 0 Å². The lowest BCUT2D eigenvalue weighted by Gasteiger charge is -2.08. The molecule has 142 valence electrons. The third-order valence-corrected chi connectivity index (χ3v) is 5.34. The number of nitrogens with one attached hydrogen (secondary N) is 1. The number of thioether (sulfide) groups is 1. The van der Waals surface area contributed by atoms with Gasteiger partial charge in [-0.05, 0) is 50.2 Å². The first-order valence-electron chi connectivity index (χ1n) is 8.79. The summed E-state index contributed by atoms with van der Waals surface area (Å²) in [7, 11) is 0. The molecule has 28 heavy (non-hydrogen) atoms. The molecule has 0 saturated carbocycles. The summed E-state index contributed by atoms with van der Waals surface area (Å²) in [6.07, 6.45) is 0.391. The largest absolute Gasteiger partial charge is 0.304 e. The van der Waals surface area contributed by atoms with E-state index in [2.05, 4.69) is 20.4 Å². The molecule has 0 bridgehead atoms. The minimum absolute atomic E-state index is 0.109. The van der Waals surface area contributed by atoms with Crippen LogP contribution in [0.5, 0.6) is 0 Å². The number of hydrogen-bond acceptors (Lipinski definition) is 5. The number of hydrogen-bond donors (Lipinski definition) is 1. The van der Waals surface area contributed by atoms with Gasteiger partial charge in [-0.2, -0.15) is 5.10 Å². The van der Waals surface area contributed by atoms with Gasteiger partial charge in [0.15, 0.2) is 5.17 Å². The van der Waals surface area contributed by atoms with Crippen molar-refractivity contribution >= 4 is 28.5 Å². The van der Waals surface area contributed by atoms with Crippen molar-refractivity contribution in [2.24, 2.45) is 4.99 Å². The summed E-state index contributed by atoms with van der Waals surface area (Å²) in [4.78, 5) is 21.4. The van der Waals surface area contributed by atoms with Crippen LogP contribution >= 0.6 is 11.8 Å². The summed E-state index contributed by atoms with van der Waals surface area (Å²) in [6.45, 7) is 3.80. The number of rotatable bonds is 4. The van der Waals surface area contributed by atoms with Crippen LogP contribution in [-0.4, -0.2) is 31.1 Å². The van der Waals surface area contributed by atoms with Crippen LogP contribution in [0.15, 0.2) is 53.5 Å². The van der Waals surface area contributed by atoms with Gasteiger partial charge >= 0.3 is 0 Å². The van der Waals surface area contributed by atoms with Crippen molar-refractivity contribution in [2.75, 3.05) is 0 Å². The molecule has 2 aromatic carbocycles. The van der Waals surface area contributed by atoms with Gasteiger partial charge in [0.2, 0.25) is 5.91 Å². The fraction of sp³-hybridized carbons (Fsp3) is 0.200. The molecule has 0 radical (unpaired) electrons. The molecule has 1 aromatic heterocycles. The quantitative estimate of drug-likeness (QED) is 0.734. The van der Waals surface area contributed by atoms with Gasteiger partial charge in [0.05, 0.1) is 16.6 Å². The Morgan fingerprint density at radius 2 is 1.86 bits per heavy atom. The zero-order chi connectivity index (χ0) is 19.7. The number of amides is 1. The first-order valence-corrected chi connectivity index (χ1v) is 9.67. The first kappa shape index (κ1) is 18.4. The number of halogens is 1. The second-order valence-corrected chi connectivity index (χ2v) is 7.71. The van der Waals surface area contributed by atoms with E-state index in [4.69, 9.17) is 0 Å². The number of aryl methyl sites for hydroxylation is 2. The summed E-state index contributed by atoms with van der Waals surface area (Å²) in [5.41, 5.74) is 2.65. The summed E-state index contributed by atoms with van der Waals surface area (Å²) < 4.78 is 14.9. The minimum Gasteiger partial charge on any atom is -0.304 e. The van der Waals surface area contributed by atoms with Crippen LogP contribution in [0.4, 0.5) is 10.1 Å². The molecule has 0 aliphatic carbocycles. The molecule has 1 amide bonds. The first-order chi connectivity index (χ1) is 13.5. The van der Waals surface area contributed by atoms with Crippen LogP contribution in [0.1, 0.15) is 17.2 Å². The SMILES string of the molecule is Cc1ccc(N=C2NC(=O)[C@@H](Cc3nc(C)nn3-c3ccc(F)cc3)S2)cc1. The Kier molecular flexibility index (Phi) is 4.95. The average Bonchev–Trinajstić information content (AvgIpc) is 3.20. The molecule has 6 nitrogen and oxygen atoms in total. The maximum Gasteiger partial charge on any atom is 0.239 e. The zero-order valence-electron chi connectivity index (χ0n) is 15.4. The highest BCUT2D eigenvalue weighted by atomic mass is 32.2. The number of benzene rings is 2. The van der Waals surface area contributed by atoms with E-state index in [-0.39, 0.29) is 17.0 Å². The summed E-state index contributed by atoms with van der Waals surface area (Å²) >= 11 is 1.38. The fourth-order valence-electron chi connectivity index (χ4n) is 2.87. The standard InChI is InChI=1S/C20H18FN5OS/c1-12-3-7-15(8-4-12)23-20-24-19(27)17(28-20)11-18-22-13(2)25-26(18)16-9-5-14(21)6-10-16/h3-10,17H,11H2,1-2H3,(H,23,24,27)/t17-/m1/s1. The third kappa shape index (κ3) is 3.96. The molecule has 0 spiro atoms. The number of amidine groups is 1. The summed E-state index contributed by atoms with van der Waals surface area (Å²) in [5, 5.41) is 7.43. The van der Waals surface area contributed by atoms with Crippen LogP contribution in [0, 0.1) is 19.7 Å². The lowest BCUT2D eigenvalue weighted by atomic mass is 10.2. The number of aliphatic imine (C=N–C) groups is 1. The van der Waals surface area contributed by atoms with Gasteiger partial charge in [-0.15, -0.1) is 0 Å². The van der Waals surface area contributed by atoms with E-state index in [0.29, 0.717) is 28.9 Å². The average molecular weight is 395 g/mol. The van der Waals surface area contributed by atoms with Crippen molar-refractivity contribution in [3.63, 3.8) is 0 Å². The van der Waals surface area contributed by atoms with E-state index in [9.17, 15) is 9.18 Å². The molecule has 1 fully saturated rings. The van der Waals surface area contributed by atoms with Crippen LogP contribution in [-0.2, 0) is 11.2 Å². The predicted octanol–water partition coefficient (Wildman–Crippen LogP) is 3.49. The molecule has 1 atom stereocenters. The van der Waals surface area contributed by atoms with Crippen LogP contribution < -0.4 is 5.32 Å². The Hall–Kier alpha value is -3.00. The van der Waals surface area contributed by atoms with E-state index in [1.165, 1.54) is 23.9 Å². The highest BCUT2D eigenvalue weighted by Gasteiger charge is 2.32. The number of carbonyl (C=O) groups excluding carboxylic acids is 1. The third-order valence-electron chi connectivity index (χ3n) is 4.26. The maximum atomic E-state index is 13.2. The van der Waals surface area contributed by atoms with Crippen molar-refractivity contribution in [2.45, 2.75) is 25.5 Å². The van der Waals surface area contributed by atoms with Crippen LogP contribution in [0.25, 0.3) is 5.69 Å². The molecular formula is C20H18FN5OS. The Morgan fingerprint density at radius 3 is 2.57 bits per heavy atom. The summed E-state index contributed by atoms with van der Waals surface area (Å²) in [6, 6.07) is 13.8. The van der Waals surface area contributed by atoms with E-state index in [1.54, 1.807) is 23.7 Å². The molecule has 2 heterocycles. The number of nitrogens with zero attached hydrogens (tertiary/aromatic N) is 4. The van der Waals surface area contributed by atoms with Gasteiger partial charge in [0.25, 0.3) is 0 Å². The Bertz CT molecular complexity index is 1040. The van der Waals surface area contributed by atoms with Crippen molar-refractivity contribution in [1.29, 1.82) is 0 Å². The van der Waals surface area contributed by atoms with Crippen molar-refractivity contribution < 1.29 is 9.18 Å². The lowest BCUT2D eigenvalue weighted by Crippen LogP contribution is -2.26. The Balaban J connectivity index is 1.54. The normalized spacial score (nSPS) is 17.9. The number of carbonyl (C=O) groups is 1. The molecular weight excluding hydrogens is 377 g/mol. The van der Waals surface area contributed by atoms with Gasteiger partial charge < -0.3 is 5.32 Å². The predicted molar refractivity (Wildman–Crippen MR) is 108 cm³/mol. The monoisotopic (exact) mass is 395 g/mol. The van der Waals surface area contributed by atoms with E-state index in [1.807, 2.05) is 31.2 Å². The highest BCUT2D eigenvalue weighted by Crippen LogP contribution is 2.26. The molecule has 3 aromatic rings. The maximum absolute atomic E-state index is 13.2. The van der Waals surface area contributed by atoms with Gasteiger partial charge in [-0.1, -0.05) is 29.5 Å².